The van der Waals surface area contributed by atoms with Gasteiger partial charge >= 0.3 is 0 Å². The maximum absolute atomic E-state index is 5.70. The molecule has 1 aromatic carbocycles. The van der Waals surface area contributed by atoms with Gasteiger partial charge in [-0.05, 0) is 56.7 Å². The number of methoxy groups -OCH3 is 1. The average molecular weight is 556 g/mol. The van der Waals surface area contributed by atoms with E-state index in [1.807, 2.05) is 25.5 Å². The van der Waals surface area contributed by atoms with Crippen LogP contribution in [0.25, 0.3) is 0 Å². The van der Waals surface area contributed by atoms with Crippen LogP contribution in [0.4, 0.5) is 0 Å². The van der Waals surface area contributed by atoms with Gasteiger partial charge in [-0.1, -0.05) is 13.0 Å². The Labute approximate surface area is 209 Å². The monoisotopic (exact) mass is 555 g/mol. The summed E-state index contributed by atoms with van der Waals surface area (Å²) in [4.78, 5) is 11.6. The number of aliphatic imine (C=N–C) groups is 1. The van der Waals surface area contributed by atoms with Crippen LogP contribution in [0, 0.1) is 5.92 Å². The van der Waals surface area contributed by atoms with E-state index in [-0.39, 0.29) is 24.0 Å². The molecule has 0 radical (unpaired) electrons. The Morgan fingerprint density at radius 1 is 1.28 bits per heavy atom. The highest BCUT2D eigenvalue weighted by Gasteiger charge is 2.28. The first-order valence-corrected chi connectivity index (χ1v) is 11.5. The van der Waals surface area contributed by atoms with E-state index in [0.717, 1.165) is 62.9 Å². The van der Waals surface area contributed by atoms with Crippen LogP contribution in [0.2, 0.25) is 0 Å². The van der Waals surface area contributed by atoms with E-state index < -0.39 is 0 Å². The van der Waals surface area contributed by atoms with E-state index in [4.69, 9.17) is 14.5 Å². The molecule has 7 nitrogen and oxygen atoms in total. The van der Waals surface area contributed by atoms with Crippen LogP contribution in [0.1, 0.15) is 45.2 Å². The van der Waals surface area contributed by atoms with Gasteiger partial charge in [-0.3, -0.25) is 4.99 Å². The number of ether oxygens (including phenoxy) is 2. The maximum Gasteiger partial charge on any atom is 0.193 e. The Hall–Kier alpha value is -1.97. The van der Waals surface area contributed by atoms with Gasteiger partial charge in [0.2, 0.25) is 0 Å². The van der Waals surface area contributed by atoms with Crippen LogP contribution < -0.4 is 14.8 Å². The van der Waals surface area contributed by atoms with E-state index in [9.17, 15) is 0 Å². The highest BCUT2D eigenvalue weighted by molar-refractivity contribution is 14.0. The number of nitrogens with one attached hydrogen (secondary N) is 1. The van der Waals surface area contributed by atoms with Gasteiger partial charge in [0, 0.05) is 38.6 Å². The van der Waals surface area contributed by atoms with Gasteiger partial charge in [0.25, 0.3) is 0 Å². The van der Waals surface area contributed by atoms with Crippen LogP contribution in [0.3, 0.4) is 0 Å². The number of hydrogen-bond donors (Lipinski definition) is 1. The Morgan fingerprint density at radius 2 is 2.12 bits per heavy atom. The highest BCUT2D eigenvalue weighted by atomic mass is 127. The van der Waals surface area contributed by atoms with Crippen molar-refractivity contribution in [3.63, 3.8) is 0 Å². The van der Waals surface area contributed by atoms with Crippen molar-refractivity contribution in [1.29, 1.82) is 0 Å². The number of imidazole rings is 1. The van der Waals surface area contributed by atoms with Crippen molar-refractivity contribution < 1.29 is 9.47 Å². The van der Waals surface area contributed by atoms with E-state index in [1.165, 1.54) is 5.56 Å². The van der Waals surface area contributed by atoms with Gasteiger partial charge in [0.1, 0.15) is 0 Å². The molecule has 0 amide bonds. The summed E-state index contributed by atoms with van der Waals surface area (Å²) in [5.74, 6) is 3.24. The van der Waals surface area contributed by atoms with E-state index in [0.29, 0.717) is 18.6 Å². The van der Waals surface area contributed by atoms with Gasteiger partial charge in [0.05, 0.1) is 26.1 Å². The summed E-state index contributed by atoms with van der Waals surface area (Å²) in [6, 6.07) is 6.60. The van der Waals surface area contributed by atoms with E-state index in [2.05, 4.69) is 51.9 Å². The number of aromatic nitrogens is 2. The molecule has 1 aliphatic heterocycles. The molecular formula is C24H38IN5O2. The molecule has 2 unspecified atom stereocenters. The maximum atomic E-state index is 5.70. The topological polar surface area (TPSA) is 63.9 Å². The second kappa shape index (κ2) is 13.5. The number of benzene rings is 1. The largest absolute Gasteiger partial charge is 0.493 e. The molecule has 1 saturated heterocycles. The SMILES string of the molecule is CCNC(=NCCCc1ccc(OC)c(OCC)c1)N1CCC(C)C(n2ccnc2)C1.I. The molecule has 2 atom stereocenters. The molecular weight excluding hydrogens is 517 g/mol. The smallest absolute Gasteiger partial charge is 0.193 e. The van der Waals surface area contributed by atoms with E-state index in [1.54, 1.807) is 7.11 Å². The Balaban J connectivity index is 0.00000363. The van der Waals surface area contributed by atoms with Crippen molar-refractivity contribution >= 4 is 29.9 Å². The fourth-order valence-corrected chi connectivity index (χ4v) is 4.13. The molecule has 8 heteroatoms. The number of nitrogens with zero attached hydrogens (tertiary/aromatic N) is 4. The lowest BCUT2D eigenvalue weighted by Crippen LogP contribution is -2.49. The summed E-state index contributed by atoms with van der Waals surface area (Å²) in [5, 5.41) is 3.49. The first-order valence-electron chi connectivity index (χ1n) is 11.5. The quantitative estimate of drug-likeness (QED) is 0.215. The molecule has 2 aromatic rings. The molecule has 178 valence electrons. The van der Waals surface area contributed by atoms with Crippen molar-refractivity contribution in [2.45, 2.75) is 46.1 Å². The van der Waals surface area contributed by atoms with Gasteiger partial charge in [0.15, 0.2) is 17.5 Å². The molecule has 0 saturated carbocycles. The third-order valence-corrected chi connectivity index (χ3v) is 5.87. The van der Waals surface area contributed by atoms with Gasteiger partial charge in [-0.15, -0.1) is 24.0 Å². The van der Waals surface area contributed by atoms with Crippen LogP contribution in [-0.4, -0.2) is 60.3 Å². The number of hydrogen-bond acceptors (Lipinski definition) is 4. The minimum absolute atomic E-state index is 0. The second-order valence-corrected chi connectivity index (χ2v) is 8.05. The zero-order chi connectivity index (χ0) is 22.1. The molecule has 32 heavy (non-hydrogen) atoms. The summed E-state index contributed by atoms with van der Waals surface area (Å²) < 4.78 is 13.3. The van der Waals surface area contributed by atoms with Crippen molar-refractivity contribution in [1.82, 2.24) is 19.8 Å². The molecule has 1 aromatic heterocycles. The number of aryl methyl sites for hydroxylation is 1. The predicted molar refractivity (Wildman–Crippen MR) is 140 cm³/mol. The zero-order valence-electron chi connectivity index (χ0n) is 19.8. The first-order chi connectivity index (χ1) is 15.2. The van der Waals surface area contributed by atoms with Crippen LogP contribution in [0.15, 0.2) is 41.9 Å². The lowest BCUT2D eigenvalue weighted by Gasteiger charge is -2.39. The normalized spacial score (nSPS) is 18.8. The molecule has 1 fully saturated rings. The van der Waals surface area contributed by atoms with Gasteiger partial charge < -0.3 is 24.3 Å². The summed E-state index contributed by atoms with van der Waals surface area (Å²) in [6.45, 7) is 10.7. The average Bonchev–Trinajstić information content (AvgIpc) is 3.31. The Morgan fingerprint density at radius 3 is 2.81 bits per heavy atom. The number of guanidine groups is 1. The number of piperidine rings is 1. The van der Waals surface area contributed by atoms with Crippen LogP contribution in [-0.2, 0) is 6.42 Å². The molecule has 1 aliphatic rings. The summed E-state index contributed by atoms with van der Waals surface area (Å²) in [5.41, 5.74) is 1.25. The third kappa shape index (κ3) is 7.02. The standard InChI is InChI=1S/C24H37N5O2.HI/c1-5-26-24(28-14-11-19(3)21(17-28)29-15-13-25-18-29)27-12-7-8-20-9-10-22(30-4)23(16-20)31-6-2;/h9-10,13,15-16,18-19,21H,5-8,11-12,14,17H2,1-4H3,(H,26,27);1H. The molecule has 2 heterocycles. The molecule has 0 aliphatic carbocycles. The molecule has 0 spiro atoms. The minimum atomic E-state index is 0. The first kappa shape index (κ1) is 26.3. The summed E-state index contributed by atoms with van der Waals surface area (Å²) >= 11 is 0. The lowest BCUT2D eigenvalue weighted by molar-refractivity contribution is 0.189. The molecule has 3 rings (SSSR count). The van der Waals surface area contributed by atoms with Crippen molar-refractivity contribution in [2.75, 3.05) is 39.9 Å². The fourth-order valence-electron chi connectivity index (χ4n) is 4.13. The molecule has 0 bridgehead atoms. The number of likely N-dealkylation sites (tertiary alicyclic amines) is 1. The summed E-state index contributed by atoms with van der Waals surface area (Å²) in [7, 11) is 1.67. The number of halogens is 1. The van der Waals surface area contributed by atoms with Crippen molar-refractivity contribution in [2.24, 2.45) is 10.9 Å². The summed E-state index contributed by atoms with van der Waals surface area (Å²) in [6.07, 6.45) is 8.96. The predicted octanol–water partition coefficient (Wildman–Crippen LogP) is 4.39. The van der Waals surface area contributed by atoms with Gasteiger partial charge in [-0.25, -0.2) is 4.98 Å². The molecule has 1 N–H and O–H groups in total. The van der Waals surface area contributed by atoms with Crippen molar-refractivity contribution in [3.05, 3.63) is 42.5 Å². The van der Waals surface area contributed by atoms with Crippen LogP contribution >= 0.6 is 24.0 Å². The lowest BCUT2D eigenvalue weighted by atomic mass is 9.93. The Bertz CT molecular complexity index is 828. The van der Waals surface area contributed by atoms with Gasteiger partial charge in [-0.2, -0.15) is 0 Å². The fraction of sp³-hybridized carbons (Fsp3) is 0.583. The number of rotatable bonds is 9. The third-order valence-electron chi connectivity index (χ3n) is 5.87. The second-order valence-electron chi connectivity index (χ2n) is 8.05. The Kier molecular flexibility index (Phi) is 11.1. The van der Waals surface area contributed by atoms with Crippen molar-refractivity contribution in [3.8, 4) is 11.5 Å². The minimum Gasteiger partial charge on any atom is -0.493 e. The zero-order valence-corrected chi connectivity index (χ0v) is 22.1. The van der Waals surface area contributed by atoms with E-state index >= 15 is 0 Å². The van der Waals surface area contributed by atoms with Crippen LogP contribution in [0.5, 0.6) is 11.5 Å². The highest BCUT2D eigenvalue weighted by Crippen LogP contribution is 2.29.